The van der Waals surface area contributed by atoms with E-state index < -0.39 is 0 Å². The maximum Gasteiger partial charge on any atom is 0.264 e. The van der Waals surface area contributed by atoms with Crippen LogP contribution in [-0.4, -0.2) is 38.7 Å². The molecule has 0 N–H and O–H groups in total. The van der Waals surface area contributed by atoms with Crippen LogP contribution in [0.5, 0.6) is 0 Å². The molecular weight excluding hydrogens is 320 g/mol. The third-order valence-corrected chi connectivity index (χ3v) is 6.38. The number of carbonyl (C=O) groups is 1. The van der Waals surface area contributed by atoms with Crippen LogP contribution in [0.4, 0.5) is 0 Å². The summed E-state index contributed by atoms with van der Waals surface area (Å²) in [6.45, 7) is 1.88. The van der Waals surface area contributed by atoms with E-state index in [0.717, 1.165) is 45.7 Å². The summed E-state index contributed by atoms with van der Waals surface area (Å²) < 4.78 is 2.87. The van der Waals surface area contributed by atoms with E-state index in [2.05, 4.69) is 10.1 Å². The fourth-order valence-corrected chi connectivity index (χ4v) is 5.09. The Morgan fingerprint density at radius 3 is 2.79 bits per heavy atom. The largest absolute Gasteiger partial charge is 0.337 e. The van der Waals surface area contributed by atoms with Crippen LogP contribution in [0.25, 0.3) is 15.9 Å². The molecule has 4 heterocycles. The monoisotopic (exact) mass is 338 g/mol. The van der Waals surface area contributed by atoms with Crippen LogP contribution < -0.4 is 0 Å². The van der Waals surface area contributed by atoms with Crippen LogP contribution in [0.15, 0.2) is 36.8 Å². The molecule has 1 aliphatic carbocycles. The Hall–Kier alpha value is -2.21. The van der Waals surface area contributed by atoms with Crippen molar-refractivity contribution in [3.05, 3.63) is 41.7 Å². The molecule has 3 aromatic rings. The summed E-state index contributed by atoms with van der Waals surface area (Å²) in [5.41, 5.74) is 1.81. The average molecular weight is 338 g/mol. The second-order valence-corrected chi connectivity index (χ2v) is 7.89. The van der Waals surface area contributed by atoms with E-state index in [4.69, 9.17) is 0 Å². The molecule has 6 heteroatoms. The molecular formula is C18H18N4OS. The van der Waals surface area contributed by atoms with Crippen LogP contribution in [0.1, 0.15) is 28.9 Å². The predicted molar refractivity (Wildman–Crippen MR) is 93.5 cm³/mol. The molecule has 24 heavy (non-hydrogen) atoms. The third kappa shape index (κ3) is 2.24. The number of nitrogens with zero attached hydrogens (tertiary/aromatic N) is 4. The lowest BCUT2D eigenvalue weighted by Gasteiger charge is -2.15. The van der Waals surface area contributed by atoms with Gasteiger partial charge < -0.3 is 4.90 Å². The first-order chi connectivity index (χ1) is 11.8. The minimum absolute atomic E-state index is 0.181. The molecule has 1 amide bonds. The molecule has 0 unspecified atom stereocenters. The van der Waals surface area contributed by atoms with Gasteiger partial charge in [-0.1, -0.05) is 6.42 Å². The van der Waals surface area contributed by atoms with E-state index in [-0.39, 0.29) is 5.91 Å². The normalized spacial score (nSPS) is 23.1. The Morgan fingerprint density at radius 2 is 2.08 bits per heavy atom. The Kier molecular flexibility index (Phi) is 3.19. The quantitative estimate of drug-likeness (QED) is 0.720. The first kappa shape index (κ1) is 14.2. The van der Waals surface area contributed by atoms with Crippen LogP contribution in [0.3, 0.4) is 0 Å². The van der Waals surface area contributed by atoms with Gasteiger partial charge in [-0.15, -0.1) is 11.3 Å². The highest BCUT2D eigenvalue weighted by Crippen LogP contribution is 2.38. The van der Waals surface area contributed by atoms with E-state index in [1.807, 2.05) is 34.0 Å². The summed E-state index contributed by atoms with van der Waals surface area (Å²) in [5.74, 6) is 1.65. The molecule has 1 saturated heterocycles. The maximum absolute atomic E-state index is 12.8. The summed E-state index contributed by atoms with van der Waals surface area (Å²) in [7, 11) is 0. The molecule has 2 atom stereocenters. The lowest BCUT2D eigenvalue weighted by molar-refractivity contribution is 0.0785. The van der Waals surface area contributed by atoms with Crippen LogP contribution in [-0.2, 0) is 0 Å². The minimum atomic E-state index is 0.181. The molecule has 0 aromatic carbocycles. The lowest BCUT2D eigenvalue weighted by atomic mass is 10.0. The van der Waals surface area contributed by atoms with Gasteiger partial charge in [-0.25, -0.2) is 4.68 Å². The van der Waals surface area contributed by atoms with Gasteiger partial charge in [-0.05, 0) is 42.9 Å². The zero-order valence-electron chi connectivity index (χ0n) is 13.3. The summed E-state index contributed by atoms with van der Waals surface area (Å²) in [4.78, 5) is 19.8. The first-order valence-electron chi connectivity index (χ1n) is 8.47. The summed E-state index contributed by atoms with van der Waals surface area (Å²) in [6.07, 6.45) is 9.43. The van der Waals surface area contributed by atoms with Gasteiger partial charge in [0.05, 0.1) is 21.5 Å². The van der Waals surface area contributed by atoms with Gasteiger partial charge in [-0.2, -0.15) is 5.10 Å². The van der Waals surface area contributed by atoms with Crippen molar-refractivity contribution in [1.82, 2.24) is 19.7 Å². The number of fused-ring (bicyclic) bond motifs is 2. The van der Waals surface area contributed by atoms with Gasteiger partial charge in [0.2, 0.25) is 0 Å². The molecule has 3 aromatic heterocycles. The van der Waals surface area contributed by atoms with Crippen molar-refractivity contribution < 1.29 is 4.79 Å². The van der Waals surface area contributed by atoms with Gasteiger partial charge in [0.25, 0.3) is 5.91 Å². The summed E-state index contributed by atoms with van der Waals surface area (Å²) in [5, 5.41) is 4.59. The van der Waals surface area contributed by atoms with Gasteiger partial charge in [-0.3, -0.25) is 9.78 Å². The van der Waals surface area contributed by atoms with Crippen molar-refractivity contribution in [3.8, 4) is 5.69 Å². The van der Waals surface area contributed by atoms with E-state index in [1.54, 1.807) is 23.7 Å². The molecule has 122 valence electrons. The SMILES string of the molecule is O=C(c1cc2nn(-c3cccnc3)cc2s1)N1C[C@H]2CCC[C@H]2C1. The lowest BCUT2D eigenvalue weighted by Crippen LogP contribution is -2.28. The molecule has 5 nitrogen and oxygen atoms in total. The highest BCUT2D eigenvalue weighted by atomic mass is 32.1. The number of aromatic nitrogens is 3. The highest BCUT2D eigenvalue weighted by molar-refractivity contribution is 7.20. The standard InChI is InChI=1S/C18H18N4OS/c23-18(21-9-12-3-1-4-13(12)10-21)16-7-15-17(24-16)11-22(20-15)14-5-2-6-19-8-14/h2,5-8,11-13H,1,3-4,9-10H2/t12-,13+. The number of hydrogen-bond acceptors (Lipinski definition) is 4. The average Bonchev–Trinajstić information content (AvgIpc) is 3.33. The Balaban J connectivity index is 1.40. The third-order valence-electron chi connectivity index (χ3n) is 5.33. The highest BCUT2D eigenvalue weighted by Gasteiger charge is 2.38. The van der Waals surface area contributed by atoms with E-state index >= 15 is 0 Å². The molecule has 5 rings (SSSR count). The zero-order valence-corrected chi connectivity index (χ0v) is 14.1. The van der Waals surface area contributed by atoms with Gasteiger partial charge in [0.1, 0.15) is 5.52 Å². The van der Waals surface area contributed by atoms with Crippen molar-refractivity contribution in [1.29, 1.82) is 0 Å². The fourth-order valence-electron chi connectivity index (χ4n) is 4.11. The van der Waals surface area contributed by atoms with Crippen LogP contribution in [0.2, 0.25) is 0 Å². The molecule has 0 radical (unpaired) electrons. The minimum Gasteiger partial charge on any atom is -0.337 e. The van der Waals surface area contributed by atoms with E-state index in [1.165, 1.54) is 19.3 Å². The van der Waals surface area contributed by atoms with Gasteiger partial charge >= 0.3 is 0 Å². The summed E-state index contributed by atoms with van der Waals surface area (Å²) >= 11 is 1.54. The maximum atomic E-state index is 12.8. The van der Waals surface area contributed by atoms with E-state index in [0.29, 0.717) is 0 Å². The molecule has 2 fully saturated rings. The molecule has 2 aliphatic rings. The molecule has 0 spiro atoms. The first-order valence-corrected chi connectivity index (χ1v) is 9.28. The van der Waals surface area contributed by atoms with Gasteiger partial charge in [0.15, 0.2) is 0 Å². The number of hydrogen-bond donors (Lipinski definition) is 0. The number of carbonyl (C=O) groups excluding carboxylic acids is 1. The number of thiophene rings is 1. The number of pyridine rings is 1. The second kappa shape index (κ2) is 5.41. The second-order valence-electron chi connectivity index (χ2n) is 6.81. The van der Waals surface area contributed by atoms with Crippen molar-refractivity contribution in [2.75, 3.05) is 13.1 Å². The Labute approximate surface area is 143 Å². The number of amides is 1. The van der Waals surface area contributed by atoms with Crippen LogP contribution in [0, 0.1) is 11.8 Å². The van der Waals surface area contributed by atoms with Crippen molar-refractivity contribution in [2.24, 2.45) is 11.8 Å². The zero-order chi connectivity index (χ0) is 16.1. The number of likely N-dealkylation sites (tertiary alicyclic amines) is 1. The summed E-state index contributed by atoms with van der Waals surface area (Å²) in [6, 6.07) is 5.80. The van der Waals surface area contributed by atoms with Crippen molar-refractivity contribution >= 4 is 27.5 Å². The Morgan fingerprint density at radius 1 is 1.25 bits per heavy atom. The Bertz CT molecular complexity index is 857. The predicted octanol–water partition coefficient (Wildman–Crippen LogP) is 3.35. The van der Waals surface area contributed by atoms with Crippen molar-refractivity contribution in [2.45, 2.75) is 19.3 Å². The topological polar surface area (TPSA) is 51.0 Å². The van der Waals surface area contributed by atoms with Gasteiger partial charge in [0, 0.05) is 25.5 Å². The molecule has 1 saturated carbocycles. The van der Waals surface area contributed by atoms with Crippen molar-refractivity contribution in [3.63, 3.8) is 0 Å². The fraction of sp³-hybridized carbons (Fsp3) is 0.389. The molecule has 1 aliphatic heterocycles. The van der Waals surface area contributed by atoms with E-state index in [9.17, 15) is 4.79 Å². The molecule has 0 bridgehead atoms. The van der Waals surface area contributed by atoms with Crippen LogP contribution >= 0.6 is 11.3 Å². The number of rotatable bonds is 2. The smallest absolute Gasteiger partial charge is 0.264 e.